The Balaban J connectivity index is 2.16. The second kappa shape index (κ2) is 9.60. The second-order valence-corrected chi connectivity index (χ2v) is 8.20. The first kappa shape index (κ1) is 23.6. The van der Waals surface area contributed by atoms with Crippen molar-refractivity contribution in [1.29, 1.82) is 5.26 Å². The number of halogens is 3. The van der Waals surface area contributed by atoms with Gasteiger partial charge >= 0.3 is 6.18 Å². The molecule has 8 heteroatoms. The average Bonchev–Trinajstić information content (AvgIpc) is 2.77. The van der Waals surface area contributed by atoms with Gasteiger partial charge in [0, 0.05) is 34.9 Å². The lowest BCUT2D eigenvalue weighted by molar-refractivity contribution is -0.141. The normalized spacial score (nSPS) is 19.7. The number of aromatic nitrogens is 3. The smallest absolute Gasteiger partial charge is 0.303 e. The van der Waals surface area contributed by atoms with Gasteiger partial charge in [-0.3, -0.25) is 4.98 Å². The van der Waals surface area contributed by atoms with E-state index >= 15 is 0 Å². The number of carbonyl (C=O) groups is 1. The summed E-state index contributed by atoms with van der Waals surface area (Å²) < 4.78 is 39.5. The van der Waals surface area contributed by atoms with Crippen LogP contribution in [0.2, 0.25) is 0 Å². The van der Waals surface area contributed by atoms with Crippen molar-refractivity contribution in [1.82, 2.24) is 15.0 Å². The van der Waals surface area contributed by atoms with Crippen LogP contribution >= 0.6 is 0 Å². The van der Waals surface area contributed by atoms with Gasteiger partial charge < -0.3 is 4.79 Å². The van der Waals surface area contributed by atoms with Gasteiger partial charge in [-0.2, -0.15) is 18.4 Å². The SMILES string of the molecule is CCCC(C=O)C1CCc2c(C)nc(-c3ccnc(C(F)(F)F)c3)nc2C1/C=C(\C)C#N. The summed E-state index contributed by atoms with van der Waals surface area (Å²) in [6.45, 7) is 5.54. The van der Waals surface area contributed by atoms with Crippen molar-refractivity contribution in [2.24, 2.45) is 11.8 Å². The summed E-state index contributed by atoms with van der Waals surface area (Å²) in [5.74, 6) is -0.323. The third-order valence-corrected chi connectivity index (χ3v) is 6.01. The van der Waals surface area contributed by atoms with Crippen LogP contribution in [-0.4, -0.2) is 21.2 Å². The van der Waals surface area contributed by atoms with Gasteiger partial charge in [-0.1, -0.05) is 19.4 Å². The Bertz CT molecular complexity index is 1070. The number of hydrogen-bond acceptors (Lipinski definition) is 5. The lowest BCUT2D eigenvalue weighted by Crippen LogP contribution is -2.29. The van der Waals surface area contributed by atoms with Gasteiger partial charge in [0.15, 0.2) is 5.82 Å². The summed E-state index contributed by atoms with van der Waals surface area (Å²) in [5.41, 5.74) is 2.04. The molecule has 2 heterocycles. The van der Waals surface area contributed by atoms with Crippen LogP contribution < -0.4 is 0 Å². The van der Waals surface area contributed by atoms with Gasteiger partial charge in [-0.05, 0) is 56.7 Å². The molecule has 0 aromatic carbocycles. The summed E-state index contributed by atoms with van der Waals surface area (Å²) in [4.78, 5) is 24.4. The van der Waals surface area contributed by atoms with E-state index in [0.717, 1.165) is 43.4 Å². The molecule has 0 aliphatic heterocycles. The molecular weight excluding hydrogens is 417 g/mol. The van der Waals surface area contributed by atoms with Gasteiger partial charge in [0.2, 0.25) is 0 Å². The fourth-order valence-corrected chi connectivity index (χ4v) is 4.46. The molecule has 32 heavy (non-hydrogen) atoms. The van der Waals surface area contributed by atoms with Crippen molar-refractivity contribution in [3.05, 3.63) is 52.6 Å². The van der Waals surface area contributed by atoms with E-state index in [1.807, 2.05) is 19.9 Å². The molecule has 0 saturated heterocycles. The molecule has 0 saturated carbocycles. The van der Waals surface area contributed by atoms with Gasteiger partial charge in [0.1, 0.15) is 12.0 Å². The zero-order chi connectivity index (χ0) is 23.5. The molecule has 3 atom stereocenters. The summed E-state index contributed by atoms with van der Waals surface area (Å²) in [6, 6.07) is 4.53. The summed E-state index contributed by atoms with van der Waals surface area (Å²) in [5, 5.41) is 9.36. The highest BCUT2D eigenvalue weighted by Crippen LogP contribution is 2.43. The van der Waals surface area contributed by atoms with Gasteiger partial charge in [0.25, 0.3) is 0 Å². The number of nitriles is 1. The first-order valence-corrected chi connectivity index (χ1v) is 10.6. The fraction of sp³-hybridized carbons (Fsp3) is 0.458. The van der Waals surface area contributed by atoms with E-state index in [0.29, 0.717) is 23.4 Å². The lowest BCUT2D eigenvalue weighted by Gasteiger charge is -2.35. The largest absolute Gasteiger partial charge is 0.433 e. The van der Waals surface area contributed by atoms with Crippen LogP contribution in [0, 0.1) is 30.1 Å². The minimum atomic E-state index is -4.57. The number of aldehydes is 1. The zero-order valence-corrected chi connectivity index (χ0v) is 18.3. The second-order valence-electron chi connectivity index (χ2n) is 8.20. The topological polar surface area (TPSA) is 79.5 Å². The molecule has 2 aromatic heterocycles. The summed E-state index contributed by atoms with van der Waals surface area (Å²) in [6.07, 6.45) is 2.36. The van der Waals surface area contributed by atoms with Crippen LogP contribution in [0.5, 0.6) is 0 Å². The van der Waals surface area contributed by atoms with E-state index in [1.54, 1.807) is 6.92 Å². The highest BCUT2D eigenvalue weighted by Gasteiger charge is 2.36. The first-order chi connectivity index (χ1) is 15.2. The third kappa shape index (κ3) is 4.87. The Morgan fingerprint density at radius 2 is 2.12 bits per heavy atom. The molecule has 1 aliphatic carbocycles. The molecule has 2 aromatic rings. The zero-order valence-electron chi connectivity index (χ0n) is 18.3. The fourth-order valence-electron chi connectivity index (χ4n) is 4.46. The summed E-state index contributed by atoms with van der Waals surface area (Å²) in [7, 11) is 0. The number of fused-ring (bicyclic) bond motifs is 1. The average molecular weight is 442 g/mol. The number of rotatable bonds is 6. The molecule has 1 aliphatic rings. The van der Waals surface area contributed by atoms with E-state index < -0.39 is 11.9 Å². The molecule has 3 rings (SSSR count). The maximum Gasteiger partial charge on any atom is 0.433 e. The van der Waals surface area contributed by atoms with Crippen LogP contribution in [0.25, 0.3) is 11.4 Å². The van der Waals surface area contributed by atoms with Gasteiger partial charge in [0.05, 0.1) is 11.8 Å². The standard InChI is InChI=1S/C24H25F3N4O/c1-4-5-17(13-32)19-7-6-18-15(3)30-23(31-22(18)20(19)10-14(2)12-28)16-8-9-29-21(11-16)24(25,26)27/h8-11,13,17,19-20H,4-7H2,1-3H3/b14-10+. The van der Waals surface area contributed by atoms with Crippen LogP contribution in [0.15, 0.2) is 30.0 Å². The molecule has 5 nitrogen and oxygen atoms in total. The van der Waals surface area contributed by atoms with Crippen molar-refractivity contribution < 1.29 is 18.0 Å². The quantitative estimate of drug-likeness (QED) is 0.430. The van der Waals surface area contributed by atoms with Crippen LogP contribution in [-0.2, 0) is 17.4 Å². The number of aryl methyl sites for hydroxylation is 1. The van der Waals surface area contributed by atoms with Crippen molar-refractivity contribution in [2.45, 2.75) is 58.5 Å². The van der Waals surface area contributed by atoms with Crippen molar-refractivity contribution in [3.63, 3.8) is 0 Å². The number of allylic oxidation sites excluding steroid dienone is 2. The number of alkyl halides is 3. The minimum Gasteiger partial charge on any atom is -0.303 e. The van der Waals surface area contributed by atoms with E-state index in [2.05, 4.69) is 21.0 Å². The Kier molecular flexibility index (Phi) is 7.07. The molecule has 168 valence electrons. The first-order valence-electron chi connectivity index (χ1n) is 10.6. The van der Waals surface area contributed by atoms with E-state index in [4.69, 9.17) is 0 Å². The highest BCUT2D eigenvalue weighted by atomic mass is 19.4. The number of carbonyl (C=O) groups excluding carboxylic acids is 1. The monoisotopic (exact) mass is 442 g/mol. The van der Waals surface area contributed by atoms with E-state index in [9.17, 15) is 23.2 Å². The highest BCUT2D eigenvalue weighted by molar-refractivity contribution is 5.58. The minimum absolute atomic E-state index is 0.0337. The molecule has 0 radical (unpaired) electrons. The molecule has 0 spiro atoms. The van der Waals surface area contributed by atoms with Crippen molar-refractivity contribution in [3.8, 4) is 17.5 Å². The van der Waals surface area contributed by atoms with Crippen LogP contribution in [0.3, 0.4) is 0 Å². The Labute approximate surface area is 185 Å². The van der Waals surface area contributed by atoms with Crippen LogP contribution in [0.1, 0.15) is 61.7 Å². The third-order valence-electron chi connectivity index (χ3n) is 6.01. The predicted octanol–water partition coefficient (Wildman–Crippen LogP) is 5.60. The number of nitrogens with zero attached hydrogens (tertiary/aromatic N) is 4. The maximum absolute atomic E-state index is 13.2. The maximum atomic E-state index is 13.2. The number of hydrogen-bond donors (Lipinski definition) is 0. The van der Waals surface area contributed by atoms with Crippen molar-refractivity contribution in [2.75, 3.05) is 0 Å². The van der Waals surface area contributed by atoms with E-state index in [1.165, 1.54) is 6.07 Å². The molecule has 0 N–H and O–H groups in total. The molecule has 0 bridgehead atoms. The van der Waals surface area contributed by atoms with Crippen LogP contribution in [0.4, 0.5) is 13.2 Å². The lowest BCUT2D eigenvalue weighted by atomic mass is 9.70. The van der Waals surface area contributed by atoms with Gasteiger partial charge in [-0.25, -0.2) is 9.97 Å². The Hall–Kier alpha value is -3.08. The Morgan fingerprint density at radius 3 is 2.75 bits per heavy atom. The van der Waals surface area contributed by atoms with Crippen molar-refractivity contribution >= 4 is 6.29 Å². The molecule has 0 fully saturated rings. The molecular formula is C24H25F3N4O. The molecule has 3 unspecified atom stereocenters. The molecule has 0 amide bonds. The number of pyridine rings is 1. The predicted molar refractivity (Wildman–Crippen MR) is 113 cm³/mol. The summed E-state index contributed by atoms with van der Waals surface area (Å²) >= 11 is 0. The Morgan fingerprint density at radius 1 is 1.38 bits per heavy atom. The van der Waals surface area contributed by atoms with E-state index in [-0.39, 0.29) is 29.1 Å². The van der Waals surface area contributed by atoms with Gasteiger partial charge in [-0.15, -0.1) is 0 Å².